The summed E-state index contributed by atoms with van der Waals surface area (Å²) in [5.41, 5.74) is 4.60. The van der Waals surface area contributed by atoms with Crippen LogP contribution in [0.2, 0.25) is 0 Å². The predicted molar refractivity (Wildman–Crippen MR) is 163 cm³/mol. The highest BCUT2D eigenvalue weighted by Gasteiger charge is 2.34. The molecule has 0 unspecified atom stereocenters. The van der Waals surface area contributed by atoms with Crippen molar-refractivity contribution >= 4 is 38.6 Å². The van der Waals surface area contributed by atoms with E-state index in [0.717, 1.165) is 21.0 Å². The topological polar surface area (TPSA) is 93.9 Å². The molecule has 0 saturated heterocycles. The van der Waals surface area contributed by atoms with Crippen molar-refractivity contribution in [2.75, 3.05) is 10.9 Å². The van der Waals surface area contributed by atoms with Crippen molar-refractivity contribution in [2.45, 2.75) is 39.5 Å². The first-order chi connectivity index (χ1) is 20.0. The van der Waals surface area contributed by atoms with Crippen molar-refractivity contribution < 1.29 is 27.2 Å². The van der Waals surface area contributed by atoms with Crippen molar-refractivity contribution in [2.24, 2.45) is 0 Å². The predicted octanol–water partition coefficient (Wildman–Crippen LogP) is 7.55. The molecule has 42 heavy (non-hydrogen) atoms. The van der Waals surface area contributed by atoms with Crippen molar-refractivity contribution in [1.82, 2.24) is 0 Å². The molecule has 5 rings (SSSR count). The van der Waals surface area contributed by atoms with Gasteiger partial charge in [-0.05, 0) is 87.7 Å². The van der Waals surface area contributed by atoms with Gasteiger partial charge in [0, 0.05) is 16.5 Å². The summed E-state index contributed by atoms with van der Waals surface area (Å²) in [5.74, 6) is -1.04. The number of sulfonamides is 1. The molecule has 0 aliphatic heterocycles. The van der Waals surface area contributed by atoms with E-state index in [4.69, 9.17) is 9.15 Å². The number of ether oxygens (including phenoxy) is 1. The van der Waals surface area contributed by atoms with Crippen LogP contribution in [0.4, 0.5) is 5.69 Å². The maximum Gasteiger partial charge on any atom is 0.342 e. The Morgan fingerprint density at radius 3 is 2.14 bits per heavy atom. The number of aryl methyl sites for hydroxylation is 4. The zero-order valence-electron chi connectivity index (χ0n) is 24.1. The van der Waals surface area contributed by atoms with Crippen molar-refractivity contribution in [3.8, 4) is 11.3 Å². The molecule has 0 atom stereocenters. The Morgan fingerprint density at radius 2 is 1.48 bits per heavy atom. The number of benzene rings is 4. The number of fused-ring (bicyclic) bond motifs is 1. The molecule has 0 N–H and O–H groups in total. The van der Waals surface area contributed by atoms with Crippen LogP contribution < -0.4 is 4.31 Å². The van der Waals surface area contributed by atoms with Gasteiger partial charge >= 0.3 is 5.97 Å². The second kappa shape index (κ2) is 11.3. The van der Waals surface area contributed by atoms with Gasteiger partial charge in [0.25, 0.3) is 15.9 Å². The van der Waals surface area contributed by atoms with Gasteiger partial charge in [-0.1, -0.05) is 54.1 Å². The van der Waals surface area contributed by atoms with Crippen LogP contribution in [0.3, 0.4) is 0 Å². The Labute approximate surface area is 245 Å². The first-order valence-corrected chi connectivity index (χ1v) is 15.0. The van der Waals surface area contributed by atoms with E-state index < -0.39 is 21.9 Å². The lowest BCUT2D eigenvalue weighted by Gasteiger charge is -2.24. The Bertz CT molecular complexity index is 1920. The Hall–Kier alpha value is -4.69. The van der Waals surface area contributed by atoms with Gasteiger partial charge in [0.05, 0.1) is 17.2 Å². The molecule has 0 aliphatic rings. The molecule has 8 heteroatoms. The number of carbonyl (C=O) groups excluding carboxylic acids is 2. The van der Waals surface area contributed by atoms with Crippen LogP contribution in [0.1, 0.15) is 49.9 Å². The molecular formula is C34H31NO6S. The van der Waals surface area contributed by atoms with E-state index in [2.05, 4.69) is 0 Å². The fourth-order valence-electron chi connectivity index (χ4n) is 4.90. The molecule has 214 valence electrons. The molecule has 1 amide bonds. The number of furan rings is 1. The van der Waals surface area contributed by atoms with E-state index in [0.29, 0.717) is 27.9 Å². The maximum atomic E-state index is 14.4. The highest BCUT2D eigenvalue weighted by Crippen LogP contribution is 2.38. The highest BCUT2D eigenvalue weighted by atomic mass is 32.2. The molecule has 5 aromatic rings. The van der Waals surface area contributed by atoms with E-state index in [1.54, 1.807) is 56.3 Å². The van der Waals surface area contributed by atoms with E-state index in [-0.39, 0.29) is 28.3 Å². The summed E-state index contributed by atoms with van der Waals surface area (Å²) in [6.45, 7) is 9.16. The minimum Gasteiger partial charge on any atom is -0.462 e. The molecule has 0 radical (unpaired) electrons. The lowest BCUT2D eigenvalue weighted by molar-refractivity contribution is 0.0528. The van der Waals surface area contributed by atoms with E-state index in [9.17, 15) is 18.0 Å². The normalized spacial score (nSPS) is 11.5. The zero-order valence-corrected chi connectivity index (χ0v) is 24.9. The highest BCUT2D eigenvalue weighted by molar-refractivity contribution is 7.93. The van der Waals surface area contributed by atoms with Crippen molar-refractivity contribution in [3.63, 3.8) is 0 Å². The Kier molecular flexibility index (Phi) is 7.75. The van der Waals surface area contributed by atoms with E-state index in [1.807, 2.05) is 51.1 Å². The first kappa shape index (κ1) is 28.8. The molecule has 0 spiro atoms. The second-order valence-corrected chi connectivity index (χ2v) is 12.0. The minimum absolute atomic E-state index is 0.0222. The summed E-state index contributed by atoms with van der Waals surface area (Å²) in [7, 11) is -4.40. The van der Waals surface area contributed by atoms with Crippen molar-refractivity contribution in [3.05, 3.63) is 118 Å². The second-order valence-electron chi connectivity index (χ2n) is 10.2. The number of esters is 1. The van der Waals surface area contributed by atoms with Crippen LogP contribution in [-0.2, 0) is 14.8 Å². The lowest BCUT2D eigenvalue weighted by Crippen LogP contribution is -2.37. The van der Waals surface area contributed by atoms with Crippen LogP contribution >= 0.6 is 0 Å². The molecule has 7 nitrogen and oxygen atoms in total. The van der Waals surface area contributed by atoms with Gasteiger partial charge < -0.3 is 9.15 Å². The third kappa shape index (κ3) is 5.21. The molecule has 1 heterocycles. The molecule has 4 aromatic carbocycles. The minimum atomic E-state index is -4.40. The monoisotopic (exact) mass is 581 g/mol. The average Bonchev–Trinajstić information content (AvgIpc) is 3.35. The molecule has 0 fully saturated rings. The number of amides is 1. The van der Waals surface area contributed by atoms with Crippen LogP contribution in [0.15, 0.2) is 94.2 Å². The zero-order chi connectivity index (χ0) is 30.2. The summed E-state index contributed by atoms with van der Waals surface area (Å²) >= 11 is 0. The third-order valence-corrected chi connectivity index (χ3v) is 9.07. The SMILES string of the molecule is CCOC(=O)c1c(-c2ccccc2)oc2ccc(N(C(=O)c3ccc(C)cc3)S(=O)(=O)c3cc(C)c(C)cc3C)cc12. The molecule has 0 aliphatic carbocycles. The van der Waals surface area contributed by atoms with Crippen molar-refractivity contribution in [1.29, 1.82) is 0 Å². The summed E-state index contributed by atoms with van der Waals surface area (Å²) in [6, 6.07) is 23.8. The average molecular weight is 582 g/mol. The summed E-state index contributed by atoms with van der Waals surface area (Å²) < 4.78 is 41.0. The van der Waals surface area contributed by atoms with Crippen LogP contribution in [0.25, 0.3) is 22.3 Å². The molecule has 0 saturated carbocycles. The van der Waals surface area contributed by atoms with Gasteiger partial charge in [0.1, 0.15) is 16.9 Å². The fraction of sp³-hybridized carbons (Fsp3) is 0.176. The number of nitrogens with zero attached hydrogens (tertiary/aromatic N) is 1. The first-order valence-electron chi connectivity index (χ1n) is 13.6. The van der Waals surface area contributed by atoms with Crippen LogP contribution in [-0.4, -0.2) is 26.9 Å². The standard InChI is InChI=1S/C34H31NO6S/c1-6-40-34(37)31-28-20-27(16-17-29(28)41-32(31)25-10-8-7-9-11-25)35(33(36)26-14-12-21(2)13-15-26)42(38,39)30-19-23(4)22(3)18-24(30)5/h7-20H,6H2,1-5H3. The number of rotatable bonds is 7. The Morgan fingerprint density at radius 1 is 0.810 bits per heavy atom. The third-order valence-electron chi connectivity index (χ3n) is 7.21. The van der Waals surface area contributed by atoms with Gasteiger partial charge in [-0.15, -0.1) is 0 Å². The quantitative estimate of drug-likeness (QED) is 0.184. The fourth-order valence-corrected chi connectivity index (χ4v) is 6.60. The maximum absolute atomic E-state index is 14.4. The molecule has 1 aromatic heterocycles. The smallest absolute Gasteiger partial charge is 0.342 e. The van der Waals surface area contributed by atoms with E-state index >= 15 is 0 Å². The number of hydrogen-bond donors (Lipinski definition) is 0. The Balaban J connectivity index is 1.77. The summed E-state index contributed by atoms with van der Waals surface area (Å²) in [4.78, 5) is 27.3. The molecular weight excluding hydrogens is 550 g/mol. The number of carbonyl (C=O) groups is 2. The largest absolute Gasteiger partial charge is 0.462 e. The summed E-state index contributed by atoms with van der Waals surface area (Å²) in [6.07, 6.45) is 0. The van der Waals surface area contributed by atoms with Gasteiger partial charge in [0.15, 0.2) is 0 Å². The van der Waals surface area contributed by atoms with E-state index in [1.165, 1.54) is 12.1 Å². The van der Waals surface area contributed by atoms with Crippen LogP contribution in [0.5, 0.6) is 0 Å². The van der Waals surface area contributed by atoms with Gasteiger partial charge in [0.2, 0.25) is 0 Å². The number of hydrogen-bond acceptors (Lipinski definition) is 6. The van der Waals surface area contributed by atoms with Gasteiger partial charge in [-0.25, -0.2) is 13.2 Å². The number of anilines is 1. The lowest BCUT2D eigenvalue weighted by atomic mass is 10.0. The van der Waals surface area contributed by atoms with Crippen LogP contribution in [0, 0.1) is 27.7 Å². The molecule has 0 bridgehead atoms. The van der Waals surface area contributed by atoms with Gasteiger partial charge in [-0.3, -0.25) is 4.79 Å². The summed E-state index contributed by atoms with van der Waals surface area (Å²) in [5, 5.41) is 0.332. The van der Waals surface area contributed by atoms with Gasteiger partial charge in [-0.2, -0.15) is 4.31 Å².